The van der Waals surface area contributed by atoms with Crippen molar-refractivity contribution in [1.82, 2.24) is 0 Å². The molecule has 0 heterocycles. The van der Waals surface area contributed by atoms with Crippen LogP contribution in [0, 0.1) is 0 Å². The van der Waals surface area contributed by atoms with E-state index in [1.165, 1.54) is 44.9 Å². The molecule has 1 aromatic carbocycles. The minimum atomic E-state index is -1.30. The maximum atomic E-state index is 9.49. The van der Waals surface area contributed by atoms with Crippen molar-refractivity contribution in [2.75, 3.05) is 13.2 Å². The summed E-state index contributed by atoms with van der Waals surface area (Å²) >= 11 is 5.66. The number of aliphatic hydroxyl groups is 2. The zero-order valence-corrected chi connectivity index (χ0v) is 16.2. The second-order valence-corrected chi connectivity index (χ2v) is 7.28. The monoisotopic (exact) mass is 371 g/mol. The fourth-order valence-electron chi connectivity index (χ4n) is 2.72. The molecule has 144 valence electrons. The molecule has 0 fully saturated rings. The molecule has 0 aliphatic rings. The van der Waals surface area contributed by atoms with Gasteiger partial charge in [0.25, 0.3) is 0 Å². The van der Waals surface area contributed by atoms with Gasteiger partial charge in [0, 0.05) is 0 Å². The van der Waals surface area contributed by atoms with Gasteiger partial charge in [0.1, 0.15) is 11.3 Å². The van der Waals surface area contributed by atoms with Crippen molar-refractivity contribution in [2.24, 2.45) is 5.73 Å². The van der Waals surface area contributed by atoms with Gasteiger partial charge >= 0.3 is 0 Å². The van der Waals surface area contributed by atoms with Gasteiger partial charge in [-0.15, -0.1) is 0 Å². The van der Waals surface area contributed by atoms with E-state index in [4.69, 9.17) is 22.1 Å². The summed E-state index contributed by atoms with van der Waals surface area (Å²) in [5.41, 5.74) is 4.28. The maximum absolute atomic E-state index is 9.49. The summed E-state index contributed by atoms with van der Waals surface area (Å²) in [5.74, 6) is 0.824. The Hall–Kier alpha value is -0.810. The lowest BCUT2D eigenvalue weighted by Gasteiger charge is -2.28. The number of alkyl halides is 1. The van der Waals surface area contributed by atoms with Gasteiger partial charge in [-0.25, -0.2) is 0 Å². The first kappa shape index (κ1) is 22.2. The summed E-state index contributed by atoms with van der Waals surface area (Å²) in [6, 6.07) is 7.55. The van der Waals surface area contributed by atoms with Crippen LogP contribution in [0.2, 0.25) is 0 Å². The van der Waals surface area contributed by atoms with Crippen LogP contribution in [0.3, 0.4) is 0 Å². The quantitative estimate of drug-likeness (QED) is 0.341. The molecule has 0 bridgehead atoms. The molecule has 2 atom stereocenters. The smallest absolute Gasteiger partial charge is 0.148 e. The molecular weight excluding hydrogens is 338 g/mol. The molecule has 4 N–H and O–H groups in total. The highest BCUT2D eigenvalue weighted by Crippen LogP contribution is 2.20. The van der Waals surface area contributed by atoms with Gasteiger partial charge in [-0.1, -0.05) is 75.6 Å². The molecule has 1 rings (SSSR count). The topological polar surface area (TPSA) is 75.7 Å². The van der Waals surface area contributed by atoms with Crippen LogP contribution in [-0.2, 0) is 6.42 Å². The van der Waals surface area contributed by atoms with Crippen LogP contribution in [-0.4, -0.2) is 34.5 Å². The number of hydrogen-bond donors (Lipinski definition) is 3. The minimum Gasteiger partial charge on any atom is -0.494 e. The minimum absolute atomic E-state index is 0.298. The lowest BCUT2D eigenvalue weighted by atomic mass is 9.93. The predicted molar refractivity (Wildman–Crippen MR) is 104 cm³/mol. The Kier molecular flexibility index (Phi) is 11.1. The van der Waals surface area contributed by atoms with Gasteiger partial charge in [-0.2, -0.15) is 0 Å². The normalized spacial score (nSPS) is 14.9. The average molecular weight is 372 g/mol. The fourth-order valence-corrected chi connectivity index (χ4v) is 2.87. The second-order valence-electron chi connectivity index (χ2n) is 6.87. The molecule has 0 amide bonds. The van der Waals surface area contributed by atoms with Crippen LogP contribution in [0.4, 0.5) is 0 Å². The van der Waals surface area contributed by atoms with Crippen molar-refractivity contribution in [3.63, 3.8) is 0 Å². The van der Waals surface area contributed by atoms with Crippen LogP contribution in [0.25, 0.3) is 0 Å². The van der Waals surface area contributed by atoms with Crippen molar-refractivity contribution in [1.29, 1.82) is 0 Å². The van der Waals surface area contributed by atoms with E-state index in [0.29, 0.717) is 6.42 Å². The van der Waals surface area contributed by atoms with E-state index in [-0.39, 0.29) is 6.61 Å². The van der Waals surface area contributed by atoms with Gasteiger partial charge in [-0.05, 0) is 30.5 Å². The largest absolute Gasteiger partial charge is 0.494 e. The zero-order chi connectivity index (χ0) is 18.5. The summed E-state index contributed by atoms with van der Waals surface area (Å²) in [4.78, 5) is 0. The molecule has 1 aromatic rings. The number of aliphatic hydroxyl groups excluding tert-OH is 2. The molecule has 2 unspecified atom stereocenters. The number of ether oxygens (including phenoxy) is 1. The van der Waals surface area contributed by atoms with E-state index in [1.807, 2.05) is 24.3 Å². The Labute approximate surface area is 157 Å². The highest BCUT2D eigenvalue weighted by atomic mass is 35.5. The van der Waals surface area contributed by atoms with Crippen molar-refractivity contribution >= 4 is 11.6 Å². The van der Waals surface area contributed by atoms with E-state index >= 15 is 0 Å². The van der Waals surface area contributed by atoms with Crippen molar-refractivity contribution < 1.29 is 14.9 Å². The highest BCUT2D eigenvalue weighted by molar-refractivity contribution is 6.20. The van der Waals surface area contributed by atoms with Gasteiger partial charge < -0.3 is 20.7 Å². The van der Waals surface area contributed by atoms with E-state index in [9.17, 15) is 10.2 Å². The van der Waals surface area contributed by atoms with Gasteiger partial charge in [0.05, 0.1) is 18.8 Å². The lowest BCUT2D eigenvalue weighted by Crippen LogP contribution is -2.53. The van der Waals surface area contributed by atoms with Crippen LogP contribution in [0.5, 0.6) is 5.75 Å². The Morgan fingerprint density at radius 3 is 2.12 bits per heavy atom. The molecule has 0 aliphatic carbocycles. The van der Waals surface area contributed by atoms with E-state index < -0.39 is 11.1 Å². The first-order valence-corrected chi connectivity index (χ1v) is 9.89. The third kappa shape index (κ3) is 8.91. The Balaban J connectivity index is 2.22. The zero-order valence-electron chi connectivity index (χ0n) is 15.4. The van der Waals surface area contributed by atoms with Crippen molar-refractivity contribution in [2.45, 2.75) is 75.8 Å². The van der Waals surface area contributed by atoms with Crippen molar-refractivity contribution in [3.05, 3.63) is 29.8 Å². The lowest BCUT2D eigenvalue weighted by molar-refractivity contribution is 0.0947. The highest BCUT2D eigenvalue weighted by Gasteiger charge is 2.32. The van der Waals surface area contributed by atoms with Crippen LogP contribution >= 0.6 is 11.6 Å². The van der Waals surface area contributed by atoms with Crippen LogP contribution in [0.15, 0.2) is 24.3 Å². The Bertz CT molecular complexity index is 453. The van der Waals surface area contributed by atoms with E-state index in [0.717, 1.165) is 24.3 Å². The molecule has 0 saturated carbocycles. The fraction of sp³-hybridized carbons (Fsp3) is 0.700. The van der Waals surface area contributed by atoms with Gasteiger partial charge in [0.15, 0.2) is 0 Å². The molecule has 0 spiro atoms. The van der Waals surface area contributed by atoms with E-state index in [2.05, 4.69) is 6.92 Å². The Morgan fingerprint density at radius 2 is 1.60 bits per heavy atom. The summed E-state index contributed by atoms with van der Waals surface area (Å²) in [6.07, 6.45) is 10.6. The SMILES string of the molecule is CCCCCCCCCCOc1ccc(CC(N)(CO)C(O)Cl)cc1. The summed E-state index contributed by atoms with van der Waals surface area (Å²) < 4.78 is 5.75. The molecule has 4 nitrogen and oxygen atoms in total. The number of benzene rings is 1. The second kappa shape index (κ2) is 12.5. The third-order valence-electron chi connectivity index (χ3n) is 4.49. The number of unbranched alkanes of at least 4 members (excludes halogenated alkanes) is 7. The Morgan fingerprint density at radius 1 is 1.04 bits per heavy atom. The molecule has 0 aliphatic heterocycles. The average Bonchev–Trinajstić information content (AvgIpc) is 2.61. The molecule has 0 aromatic heterocycles. The third-order valence-corrected chi connectivity index (χ3v) is 4.93. The number of rotatable bonds is 14. The first-order valence-electron chi connectivity index (χ1n) is 9.45. The van der Waals surface area contributed by atoms with Gasteiger partial charge in [-0.3, -0.25) is 0 Å². The first-order chi connectivity index (χ1) is 12.0. The molecule has 0 radical (unpaired) electrons. The summed E-state index contributed by atoms with van der Waals surface area (Å²) in [7, 11) is 0. The standard InChI is InChI=1S/C20H34ClNO3/c1-2-3-4-5-6-7-8-9-14-25-18-12-10-17(11-13-18)15-20(22,16-23)19(21)24/h10-13,19,23-24H,2-9,14-16,22H2,1H3. The van der Waals surface area contributed by atoms with Crippen molar-refractivity contribution in [3.8, 4) is 5.75 Å². The number of halogens is 1. The maximum Gasteiger partial charge on any atom is 0.148 e. The van der Waals surface area contributed by atoms with Gasteiger partial charge in [0.2, 0.25) is 0 Å². The van der Waals surface area contributed by atoms with E-state index in [1.54, 1.807) is 0 Å². The number of hydrogen-bond acceptors (Lipinski definition) is 4. The molecule has 5 heteroatoms. The van der Waals surface area contributed by atoms with Crippen LogP contribution in [0.1, 0.15) is 63.9 Å². The molecule has 25 heavy (non-hydrogen) atoms. The molecule has 0 saturated heterocycles. The number of nitrogens with two attached hydrogens (primary N) is 1. The predicted octanol–water partition coefficient (Wildman–Crippen LogP) is 4.00. The summed E-state index contributed by atoms with van der Waals surface area (Å²) in [5, 5.41) is 18.8. The summed E-state index contributed by atoms with van der Waals surface area (Å²) in [6.45, 7) is 2.59. The molecular formula is C20H34ClNO3. The van der Waals surface area contributed by atoms with Crippen LogP contribution < -0.4 is 10.5 Å².